The van der Waals surface area contributed by atoms with Gasteiger partial charge in [0.15, 0.2) is 6.29 Å². The van der Waals surface area contributed by atoms with Gasteiger partial charge < -0.3 is 59.1 Å². The summed E-state index contributed by atoms with van der Waals surface area (Å²) in [4.78, 5) is 12.7. The summed E-state index contributed by atoms with van der Waals surface area (Å²) in [5, 5.41) is 60.2. The Kier molecular flexibility index (Phi) is 7.37. The van der Waals surface area contributed by atoms with Crippen LogP contribution in [-0.4, -0.2) is 112 Å². The van der Waals surface area contributed by atoms with Crippen molar-refractivity contribution >= 4 is 12.0 Å². The minimum Gasteiger partial charge on any atom is -0.507 e. The molecule has 6 N–H and O–H groups in total. The Morgan fingerprint density at radius 1 is 1.13 bits per heavy atom. The van der Waals surface area contributed by atoms with Crippen LogP contribution in [0.25, 0.3) is 6.08 Å². The molecule has 4 unspecified atom stereocenters. The van der Waals surface area contributed by atoms with E-state index in [0.717, 1.165) is 6.08 Å². The normalized spacial score (nSPS) is 41.3. The van der Waals surface area contributed by atoms with Crippen molar-refractivity contribution in [3.63, 3.8) is 0 Å². The predicted molar refractivity (Wildman–Crippen MR) is 124 cm³/mol. The monoisotopic (exact) mass is 538 g/mol. The molecule has 13 heteroatoms. The SMILES string of the molecule is COc1ccc(/C=C/C(=O)OC2C3OC3(CO)[C@@H]3C(O[C@@H]4O[C@H](CO)[C@@H](O)[C@H](O)[C@H]4O)OC=C[C@H]23)c(O)c1. The fraction of sp³-hybridized carbons (Fsp3) is 0.560. The summed E-state index contributed by atoms with van der Waals surface area (Å²) >= 11 is 0. The zero-order valence-electron chi connectivity index (χ0n) is 20.3. The molecular weight excluding hydrogens is 508 g/mol. The van der Waals surface area contributed by atoms with E-state index >= 15 is 0 Å². The number of hydrogen-bond acceptors (Lipinski definition) is 13. The molecule has 4 aliphatic rings. The number of methoxy groups -OCH3 is 1. The van der Waals surface area contributed by atoms with Crippen molar-refractivity contribution in [3.05, 3.63) is 42.2 Å². The van der Waals surface area contributed by atoms with E-state index in [-0.39, 0.29) is 5.75 Å². The summed E-state index contributed by atoms with van der Waals surface area (Å²) in [5.74, 6) is -1.53. The first-order valence-electron chi connectivity index (χ1n) is 12.1. The molecule has 0 bridgehead atoms. The lowest BCUT2D eigenvalue weighted by atomic mass is 9.85. The van der Waals surface area contributed by atoms with Gasteiger partial charge in [-0.2, -0.15) is 0 Å². The van der Waals surface area contributed by atoms with Crippen molar-refractivity contribution in [2.75, 3.05) is 20.3 Å². The fourth-order valence-corrected chi connectivity index (χ4v) is 5.41. The molecule has 13 nitrogen and oxygen atoms in total. The minimum absolute atomic E-state index is 0.0836. The first kappa shape index (κ1) is 26.8. The van der Waals surface area contributed by atoms with E-state index in [1.165, 1.54) is 25.5 Å². The molecule has 3 fully saturated rings. The number of phenolic OH excluding ortho intramolecular Hbond substituents is 1. The Balaban J connectivity index is 1.29. The van der Waals surface area contributed by atoms with E-state index in [1.807, 2.05) is 0 Å². The highest BCUT2D eigenvalue weighted by Gasteiger charge is 2.77. The summed E-state index contributed by atoms with van der Waals surface area (Å²) in [6.45, 7) is -1.07. The number of carbonyl (C=O) groups excluding carboxylic acids is 1. The minimum atomic E-state index is -1.66. The number of fused-ring (bicyclic) bond motifs is 3. The van der Waals surface area contributed by atoms with Crippen molar-refractivity contribution in [2.45, 2.75) is 54.8 Å². The number of aromatic hydroxyl groups is 1. The molecule has 1 aliphatic carbocycles. The van der Waals surface area contributed by atoms with Gasteiger partial charge in [0.25, 0.3) is 0 Å². The van der Waals surface area contributed by atoms with Crippen LogP contribution >= 0.6 is 0 Å². The number of aliphatic hydroxyl groups is 5. The van der Waals surface area contributed by atoms with Gasteiger partial charge in [-0.05, 0) is 24.3 Å². The Hall–Kier alpha value is -2.75. The molecule has 2 saturated heterocycles. The third kappa shape index (κ3) is 4.54. The smallest absolute Gasteiger partial charge is 0.331 e. The van der Waals surface area contributed by atoms with Gasteiger partial charge in [-0.15, -0.1) is 0 Å². The molecule has 0 radical (unpaired) electrons. The third-order valence-electron chi connectivity index (χ3n) is 7.49. The maximum atomic E-state index is 12.7. The van der Waals surface area contributed by atoms with Crippen LogP contribution in [-0.2, 0) is 28.5 Å². The second kappa shape index (κ2) is 10.4. The molecule has 0 amide bonds. The maximum absolute atomic E-state index is 12.7. The average molecular weight is 539 g/mol. The quantitative estimate of drug-likeness (QED) is 0.126. The van der Waals surface area contributed by atoms with Crippen LogP contribution in [0.4, 0.5) is 0 Å². The Morgan fingerprint density at radius 2 is 1.92 bits per heavy atom. The highest BCUT2D eigenvalue weighted by atomic mass is 16.8. The second-order valence-corrected chi connectivity index (χ2v) is 9.58. The molecule has 38 heavy (non-hydrogen) atoms. The van der Waals surface area contributed by atoms with Gasteiger partial charge in [0, 0.05) is 23.6 Å². The number of ether oxygens (including phenoxy) is 6. The number of benzene rings is 1. The van der Waals surface area contributed by atoms with E-state index in [2.05, 4.69) is 0 Å². The van der Waals surface area contributed by atoms with Gasteiger partial charge in [-0.3, -0.25) is 0 Å². The molecular formula is C25H30O13. The van der Waals surface area contributed by atoms with E-state index in [9.17, 15) is 35.4 Å². The van der Waals surface area contributed by atoms with Gasteiger partial charge in [0.1, 0.15) is 53.7 Å². The molecule has 11 atom stereocenters. The predicted octanol–water partition coefficient (Wildman–Crippen LogP) is -1.61. The van der Waals surface area contributed by atoms with Crippen LogP contribution in [0.3, 0.4) is 0 Å². The van der Waals surface area contributed by atoms with Crippen LogP contribution in [0.5, 0.6) is 11.5 Å². The number of carbonyl (C=O) groups is 1. The molecule has 1 saturated carbocycles. The number of esters is 1. The summed E-state index contributed by atoms with van der Waals surface area (Å²) in [7, 11) is 1.47. The maximum Gasteiger partial charge on any atom is 0.331 e. The molecule has 0 spiro atoms. The van der Waals surface area contributed by atoms with Gasteiger partial charge >= 0.3 is 5.97 Å². The van der Waals surface area contributed by atoms with Crippen LogP contribution < -0.4 is 4.74 Å². The van der Waals surface area contributed by atoms with Crippen molar-refractivity contribution in [3.8, 4) is 11.5 Å². The highest BCUT2D eigenvalue weighted by molar-refractivity contribution is 5.88. The zero-order chi connectivity index (χ0) is 27.2. The lowest BCUT2D eigenvalue weighted by molar-refractivity contribution is -0.344. The lowest BCUT2D eigenvalue weighted by Crippen LogP contribution is -2.60. The number of hydrogen-bond donors (Lipinski definition) is 6. The van der Waals surface area contributed by atoms with Gasteiger partial charge in [0.2, 0.25) is 6.29 Å². The Bertz CT molecular complexity index is 1090. The molecule has 1 aromatic rings. The first-order valence-corrected chi connectivity index (χ1v) is 12.1. The van der Waals surface area contributed by atoms with E-state index in [0.29, 0.717) is 11.3 Å². The first-order chi connectivity index (χ1) is 18.2. The molecule has 3 aliphatic heterocycles. The van der Waals surface area contributed by atoms with Crippen LogP contribution in [0, 0.1) is 11.8 Å². The van der Waals surface area contributed by atoms with Crippen LogP contribution in [0.2, 0.25) is 0 Å². The fourth-order valence-electron chi connectivity index (χ4n) is 5.41. The van der Waals surface area contributed by atoms with Gasteiger partial charge in [-0.25, -0.2) is 4.79 Å². The molecule has 208 valence electrons. The average Bonchev–Trinajstić information content (AvgIpc) is 3.60. The Labute approximate surface area is 217 Å². The second-order valence-electron chi connectivity index (χ2n) is 9.58. The summed E-state index contributed by atoms with van der Waals surface area (Å²) < 4.78 is 33.3. The zero-order valence-corrected chi connectivity index (χ0v) is 20.3. The number of epoxide rings is 1. The molecule has 5 rings (SSSR count). The topological polar surface area (TPSA) is 197 Å². The molecule has 0 aromatic heterocycles. The van der Waals surface area contributed by atoms with Crippen molar-refractivity contribution in [1.29, 1.82) is 0 Å². The standard InChI is InChI=1S/C25H30O13/c1-33-12-4-2-11(14(28)8-12)3-5-16(29)36-21-13-6-7-34-23(17(13)25(10-27)22(21)38-25)37-24-20(32)19(31)18(30)15(9-26)35-24/h2-8,13,15,17-24,26-28,30-32H,9-10H2,1H3/b5-3+/t13-,15+,17-,18+,19-,20+,21?,22?,23?,24-,25?/m0/s1. The molecule has 1 aromatic carbocycles. The van der Waals surface area contributed by atoms with Gasteiger partial charge in [-0.1, -0.05) is 0 Å². The summed E-state index contributed by atoms with van der Waals surface area (Å²) in [6.07, 6.45) is -4.61. The number of phenols is 1. The lowest BCUT2D eigenvalue weighted by Gasteiger charge is -2.43. The third-order valence-corrected chi connectivity index (χ3v) is 7.49. The van der Waals surface area contributed by atoms with Crippen molar-refractivity contribution in [1.82, 2.24) is 0 Å². The summed E-state index contributed by atoms with van der Waals surface area (Å²) in [6, 6.07) is 4.61. The van der Waals surface area contributed by atoms with Crippen LogP contribution in [0.1, 0.15) is 5.56 Å². The van der Waals surface area contributed by atoms with E-state index in [4.69, 9.17) is 28.4 Å². The number of aliphatic hydroxyl groups excluding tert-OH is 5. The van der Waals surface area contributed by atoms with E-state index in [1.54, 1.807) is 18.2 Å². The summed E-state index contributed by atoms with van der Waals surface area (Å²) in [5.41, 5.74) is -0.782. The van der Waals surface area contributed by atoms with Crippen molar-refractivity contribution < 1.29 is 63.9 Å². The van der Waals surface area contributed by atoms with Gasteiger partial charge in [0.05, 0.1) is 32.5 Å². The van der Waals surface area contributed by atoms with E-state index < -0.39 is 85.8 Å². The number of rotatable bonds is 8. The molecule has 3 heterocycles. The largest absolute Gasteiger partial charge is 0.507 e. The highest BCUT2D eigenvalue weighted by Crippen LogP contribution is 2.60. The Morgan fingerprint density at radius 3 is 2.61 bits per heavy atom. The van der Waals surface area contributed by atoms with Crippen molar-refractivity contribution in [2.24, 2.45) is 11.8 Å². The van der Waals surface area contributed by atoms with Crippen LogP contribution in [0.15, 0.2) is 36.6 Å².